The van der Waals surface area contributed by atoms with Gasteiger partial charge in [0.25, 0.3) is 0 Å². The highest BCUT2D eigenvalue weighted by atomic mass is 19.4. The van der Waals surface area contributed by atoms with Crippen molar-refractivity contribution in [2.45, 2.75) is 32.1 Å². The summed E-state index contributed by atoms with van der Waals surface area (Å²) in [5.41, 5.74) is -5.02. The summed E-state index contributed by atoms with van der Waals surface area (Å²) in [6.07, 6.45) is -10.3. The van der Waals surface area contributed by atoms with Gasteiger partial charge in [-0.15, -0.1) is 5.10 Å². The van der Waals surface area contributed by atoms with E-state index in [2.05, 4.69) is 10.2 Å². The molecule has 0 aliphatic carbocycles. The van der Waals surface area contributed by atoms with Gasteiger partial charge in [-0.05, 0) is 16.9 Å². The van der Waals surface area contributed by atoms with Gasteiger partial charge in [0.15, 0.2) is 5.69 Å². The van der Waals surface area contributed by atoms with Gasteiger partial charge in [0, 0.05) is 0 Å². The van der Waals surface area contributed by atoms with E-state index in [-0.39, 0.29) is 10.4 Å². The molecule has 0 atom stereocenters. The fraction of sp³-hybridized carbons (Fsp3) is 0.455. The summed E-state index contributed by atoms with van der Waals surface area (Å²) < 4.78 is 78.2. The minimum Gasteiger partial charge on any atom is -0.358 e. The third-order valence-corrected chi connectivity index (χ3v) is 3.00. The van der Waals surface area contributed by atoms with E-state index in [0.717, 1.165) is 0 Å². The maximum atomic E-state index is 13.1. The van der Waals surface area contributed by atoms with Crippen LogP contribution in [0.5, 0.6) is 0 Å². The molecule has 2 heterocycles. The number of halogens is 6. The molecule has 0 radical (unpaired) electrons. The van der Waals surface area contributed by atoms with Crippen LogP contribution in [0.25, 0.3) is 5.69 Å². The Morgan fingerprint density at radius 2 is 1.79 bits per heavy atom. The van der Waals surface area contributed by atoms with Crippen molar-refractivity contribution in [2.75, 3.05) is 0 Å². The number of alkyl halides is 6. The van der Waals surface area contributed by atoms with Crippen LogP contribution in [-0.4, -0.2) is 24.9 Å². The van der Waals surface area contributed by atoms with Gasteiger partial charge in [-0.1, -0.05) is 18.9 Å². The number of nitrogens with zero attached hydrogens (tertiary/aromatic N) is 4. The number of hydrogen-bond acceptors (Lipinski definition) is 4. The molecular weight excluding hydrogens is 348 g/mol. The first-order chi connectivity index (χ1) is 10.8. The van der Waals surface area contributed by atoms with Crippen molar-refractivity contribution in [3.63, 3.8) is 0 Å². The van der Waals surface area contributed by atoms with Crippen LogP contribution in [0.4, 0.5) is 32.2 Å². The van der Waals surface area contributed by atoms with Gasteiger partial charge >= 0.3 is 18.2 Å². The second kappa shape index (κ2) is 5.49. The Hall–Kier alpha value is -2.60. The third-order valence-electron chi connectivity index (χ3n) is 3.00. The molecule has 2 rings (SSSR count). The van der Waals surface area contributed by atoms with Gasteiger partial charge in [0.05, 0.1) is 5.69 Å². The first-order valence-electron chi connectivity index (χ1n) is 6.31. The van der Waals surface area contributed by atoms with Gasteiger partial charge in [0.2, 0.25) is 5.69 Å². The molecule has 24 heavy (non-hydrogen) atoms. The van der Waals surface area contributed by atoms with Gasteiger partial charge in [-0.2, -0.15) is 31.4 Å². The second-order valence-electron chi connectivity index (χ2n) is 5.04. The smallest absolute Gasteiger partial charge is 0.358 e. The maximum absolute atomic E-state index is 13.1. The molecule has 0 spiro atoms. The van der Waals surface area contributed by atoms with Gasteiger partial charge in [0.1, 0.15) is 5.69 Å². The molecule has 0 aromatic carbocycles. The lowest BCUT2D eigenvalue weighted by Gasteiger charge is -2.11. The lowest BCUT2D eigenvalue weighted by Crippen LogP contribution is -2.17. The Labute approximate surface area is 129 Å². The van der Waals surface area contributed by atoms with E-state index < -0.39 is 46.1 Å². The van der Waals surface area contributed by atoms with E-state index in [1.54, 1.807) is 0 Å². The summed E-state index contributed by atoms with van der Waals surface area (Å²) in [5.74, 6) is -1.89. The molecule has 0 saturated carbocycles. The highest BCUT2D eigenvalue weighted by Gasteiger charge is 2.46. The average Bonchev–Trinajstić information content (AvgIpc) is 3.01. The summed E-state index contributed by atoms with van der Waals surface area (Å²) in [7, 11) is 0. The molecule has 0 fully saturated rings. The molecule has 2 aromatic rings. The zero-order chi connectivity index (χ0) is 18.4. The SMILES string of the molecule is CC(C)c1cc(C(F)(F)F)n(-c2c(C(F)(F)F)n[nH]c2[N+](=O)[O-])n1. The van der Waals surface area contributed by atoms with Crippen molar-refractivity contribution in [3.8, 4) is 5.69 Å². The van der Waals surface area contributed by atoms with Crippen LogP contribution in [0, 0.1) is 10.1 Å². The largest absolute Gasteiger partial charge is 0.439 e. The van der Waals surface area contributed by atoms with Crippen LogP contribution in [0.15, 0.2) is 6.07 Å². The van der Waals surface area contributed by atoms with Crippen molar-refractivity contribution in [3.05, 3.63) is 33.3 Å². The molecule has 7 nitrogen and oxygen atoms in total. The maximum Gasteiger partial charge on any atom is 0.439 e. The number of hydrogen-bond donors (Lipinski definition) is 1. The van der Waals surface area contributed by atoms with Crippen LogP contribution in [0.1, 0.15) is 36.8 Å². The monoisotopic (exact) mass is 357 g/mol. The minimum absolute atomic E-state index is 0.139. The van der Waals surface area contributed by atoms with E-state index in [1.165, 1.54) is 18.9 Å². The molecule has 0 amide bonds. The molecular formula is C11H9F6N5O2. The molecule has 0 aliphatic rings. The van der Waals surface area contributed by atoms with Crippen LogP contribution in [0.2, 0.25) is 0 Å². The zero-order valence-corrected chi connectivity index (χ0v) is 12.0. The zero-order valence-electron chi connectivity index (χ0n) is 12.0. The number of aromatic nitrogens is 4. The summed E-state index contributed by atoms with van der Waals surface area (Å²) in [6, 6.07) is 0.543. The van der Waals surface area contributed by atoms with E-state index in [0.29, 0.717) is 6.07 Å². The lowest BCUT2D eigenvalue weighted by molar-refractivity contribution is -0.389. The normalized spacial score (nSPS) is 12.9. The molecule has 132 valence electrons. The molecule has 0 bridgehead atoms. The molecule has 0 saturated heterocycles. The summed E-state index contributed by atoms with van der Waals surface area (Å²) in [6.45, 7) is 2.95. The topological polar surface area (TPSA) is 89.6 Å². The first kappa shape index (κ1) is 17.7. The lowest BCUT2D eigenvalue weighted by atomic mass is 10.1. The number of H-pyrrole nitrogens is 1. The van der Waals surface area contributed by atoms with Gasteiger partial charge in [-0.25, -0.2) is 4.68 Å². The minimum atomic E-state index is -5.22. The van der Waals surface area contributed by atoms with Crippen LogP contribution in [0.3, 0.4) is 0 Å². The Kier molecular flexibility index (Phi) is 4.06. The van der Waals surface area contributed by atoms with Crippen molar-refractivity contribution in [2.24, 2.45) is 0 Å². The standard InChI is InChI=1S/C11H9F6N5O2/c1-4(2)5-3-6(10(12,13)14)21(20-5)7-8(11(15,16)17)18-19-9(7)22(23)24/h3-4H,1-2H3,(H,18,19). The summed E-state index contributed by atoms with van der Waals surface area (Å²) in [5, 5.41) is 18.6. The van der Waals surface area contributed by atoms with Crippen molar-refractivity contribution < 1.29 is 31.3 Å². The fourth-order valence-corrected chi connectivity index (χ4v) is 1.91. The highest BCUT2D eigenvalue weighted by Crippen LogP contribution is 2.40. The van der Waals surface area contributed by atoms with E-state index >= 15 is 0 Å². The highest BCUT2D eigenvalue weighted by molar-refractivity contribution is 5.53. The predicted octanol–water partition coefficient (Wildman–Crippen LogP) is 3.66. The van der Waals surface area contributed by atoms with E-state index in [1.807, 2.05) is 0 Å². The first-order valence-corrected chi connectivity index (χ1v) is 6.31. The Balaban J connectivity index is 2.85. The van der Waals surface area contributed by atoms with Crippen LogP contribution >= 0.6 is 0 Å². The average molecular weight is 357 g/mol. The number of rotatable bonds is 3. The van der Waals surface area contributed by atoms with Crippen molar-refractivity contribution in [1.82, 2.24) is 20.0 Å². The fourth-order valence-electron chi connectivity index (χ4n) is 1.91. The van der Waals surface area contributed by atoms with E-state index in [9.17, 15) is 36.5 Å². The number of aromatic amines is 1. The summed E-state index contributed by atoms with van der Waals surface area (Å²) >= 11 is 0. The van der Waals surface area contributed by atoms with Crippen molar-refractivity contribution >= 4 is 5.82 Å². The number of nitro groups is 1. The third kappa shape index (κ3) is 3.05. The molecule has 0 aliphatic heterocycles. The Morgan fingerprint density at radius 1 is 1.21 bits per heavy atom. The molecule has 2 aromatic heterocycles. The van der Waals surface area contributed by atoms with Gasteiger partial charge in [-0.3, -0.25) is 0 Å². The van der Waals surface area contributed by atoms with E-state index in [4.69, 9.17) is 0 Å². The Bertz CT molecular complexity index is 773. The predicted molar refractivity (Wildman–Crippen MR) is 66.5 cm³/mol. The van der Waals surface area contributed by atoms with Crippen LogP contribution in [-0.2, 0) is 12.4 Å². The molecule has 0 unspecified atom stereocenters. The number of nitrogens with one attached hydrogen (secondary N) is 1. The van der Waals surface area contributed by atoms with Crippen LogP contribution < -0.4 is 0 Å². The molecule has 1 N–H and O–H groups in total. The Morgan fingerprint density at radius 3 is 2.21 bits per heavy atom. The van der Waals surface area contributed by atoms with Crippen molar-refractivity contribution in [1.29, 1.82) is 0 Å². The summed E-state index contributed by atoms with van der Waals surface area (Å²) in [4.78, 5) is 9.58. The quantitative estimate of drug-likeness (QED) is 0.516. The second-order valence-corrected chi connectivity index (χ2v) is 5.04. The van der Waals surface area contributed by atoms with Gasteiger partial charge < -0.3 is 10.1 Å². The molecule has 13 heteroatoms.